The van der Waals surface area contributed by atoms with Gasteiger partial charge in [0.25, 0.3) is 0 Å². The molecular weight excluding hydrogens is 214 g/mol. The standard InChI is InChI=1S/C10H14BrN/c1-8(2)12-10-5-3-9(7-11)4-6-10/h3-6,8,12H,7H2,1-2H3. The highest BCUT2D eigenvalue weighted by molar-refractivity contribution is 9.08. The quantitative estimate of drug-likeness (QED) is 0.782. The molecule has 2 heteroatoms. The maximum absolute atomic E-state index is 3.41. The molecule has 1 nitrogen and oxygen atoms in total. The lowest BCUT2D eigenvalue weighted by Gasteiger charge is -2.09. The SMILES string of the molecule is CC(C)Nc1ccc(CBr)cc1. The van der Waals surface area contributed by atoms with Crippen LogP contribution in [-0.4, -0.2) is 6.04 Å². The zero-order chi connectivity index (χ0) is 8.97. The van der Waals surface area contributed by atoms with E-state index in [-0.39, 0.29) is 0 Å². The molecular formula is C10H14BrN. The number of hydrogen-bond acceptors (Lipinski definition) is 1. The van der Waals surface area contributed by atoms with Crippen LogP contribution < -0.4 is 5.32 Å². The van der Waals surface area contributed by atoms with Crippen molar-refractivity contribution in [2.24, 2.45) is 0 Å². The minimum absolute atomic E-state index is 0.500. The van der Waals surface area contributed by atoms with Gasteiger partial charge in [-0.25, -0.2) is 0 Å². The number of rotatable bonds is 3. The van der Waals surface area contributed by atoms with Gasteiger partial charge in [0, 0.05) is 17.1 Å². The maximum Gasteiger partial charge on any atom is 0.0342 e. The lowest BCUT2D eigenvalue weighted by Crippen LogP contribution is -2.09. The lowest BCUT2D eigenvalue weighted by atomic mass is 10.2. The van der Waals surface area contributed by atoms with E-state index in [2.05, 4.69) is 59.4 Å². The molecule has 0 aliphatic heterocycles. The summed E-state index contributed by atoms with van der Waals surface area (Å²) < 4.78 is 0. The second-order valence-corrected chi connectivity index (χ2v) is 3.69. The predicted molar refractivity (Wildman–Crippen MR) is 57.8 cm³/mol. The fourth-order valence-corrected chi connectivity index (χ4v) is 1.40. The average Bonchev–Trinajstić information content (AvgIpc) is 2.05. The van der Waals surface area contributed by atoms with Crippen LogP contribution >= 0.6 is 15.9 Å². The van der Waals surface area contributed by atoms with Crippen molar-refractivity contribution in [2.75, 3.05) is 5.32 Å². The summed E-state index contributed by atoms with van der Waals surface area (Å²) in [6.45, 7) is 4.27. The molecule has 0 aliphatic rings. The third-order valence-electron chi connectivity index (χ3n) is 1.56. The van der Waals surface area contributed by atoms with Crippen LogP contribution in [0, 0.1) is 0 Å². The summed E-state index contributed by atoms with van der Waals surface area (Å²) >= 11 is 3.41. The van der Waals surface area contributed by atoms with Crippen molar-refractivity contribution in [1.82, 2.24) is 0 Å². The van der Waals surface area contributed by atoms with Crippen LogP contribution in [-0.2, 0) is 5.33 Å². The third kappa shape index (κ3) is 2.86. The first-order valence-electron chi connectivity index (χ1n) is 4.14. The average molecular weight is 228 g/mol. The molecule has 66 valence electrons. The fourth-order valence-electron chi connectivity index (χ4n) is 1.02. The fraction of sp³-hybridized carbons (Fsp3) is 0.400. The van der Waals surface area contributed by atoms with E-state index in [9.17, 15) is 0 Å². The molecule has 0 aliphatic carbocycles. The van der Waals surface area contributed by atoms with E-state index in [1.54, 1.807) is 0 Å². The van der Waals surface area contributed by atoms with Gasteiger partial charge in [0.15, 0.2) is 0 Å². The Morgan fingerprint density at radius 2 is 1.83 bits per heavy atom. The molecule has 0 saturated heterocycles. The van der Waals surface area contributed by atoms with Gasteiger partial charge in [0.05, 0.1) is 0 Å². The topological polar surface area (TPSA) is 12.0 Å². The summed E-state index contributed by atoms with van der Waals surface area (Å²) in [4.78, 5) is 0. The van der Waals surface area contributed by atoms with E-state index >= 15 is 0 Å². The zero-order valence-electron chi connectivity index (χ0n) is 7.47. The second kappa shape index (κ2) is 4.51. The Morgan fingerprint density at radius 1 is 1.25 bits per heavy atom. The molecule has 0 atom stereocenters. The Hall–Kier alpha value is -0.500. The number of hydrogen-bond donors (Lipinski definition) is 1. The second-order valence-electron chi connectivity index (χ2n) is 3.13. The van der Waals surface area contributed by atoms with Gasteiger partial charge < -0.3 is 5.32 Å². The molecule has 0 saturated carbocycles. The predicted octanol–water partition coefficient (Wildman–Crippen LogP) is 3.40. The van der Waals surface area contributed by atoms with Gasteiger partial charge in [-0.15, -0.1) is 0 Å². The van der Waals surface area contributed by atoms with Crippen molar-refractivity contribution >= 4 is 21.6 Å². The molecule has 1 rings (SSSR count). The van der Waals surface area contributed by atoms with Gasteiger partial charge in [0.2, 0.25) is 0 Å². The Labute approximate surface area is 82.3 Å². The van der Waals surface area contributed by atoms with Crippen LogP contribution in [0.5, 0.6) is 0 Å². The molecule has 0 heterocycles. The molecule has 12 heavy (non-hydrogen) atoms. The van der Waals surface area contributed by atoms with E-state index in [1.165, 1.54) is 11.3 Å². The van der Waals surface area contributed by atoms with Crippen LogP contribution in [0.25, 0.3) is 0 Å². The molecule has 0 unspecified atom stereocenters. The Balaban J connectivity index is 2.65. The first-order chi connectivity index (χ1) is 5.72. The highest BCUT2D eigenvalue weighted by Gasteiger charge is 1.94. The molecule has 1 aromatic rings. The molecule has 1 N–H and O–H groups in total. The number of anilines is 1. The molecule has 0 spiro atoms. The molecule has 0 amide bonds. The first kappa shape index (κ1) is 9.59. The Bertz CT molecular complexity index is 228. The van der Waals surface area contributed by atoms with Crippen LogP contribution in [0.2, 0.25) is 0 Å². The van der Waals surface area contributed by atoms with Gasteiger partial charge in [-0.1, -0.05) is 28.1 Å². The zero-order valence-corrected chi connectivity index (χ0v) is 9.06. The van der Waals surface area contributed by atoms with Crippen LogP contribution in [0.3, 0.4) is 0 Å². The minimum Gasteiger partial charge on any atom is -0.383 e. The molecule has 0 bridgehead atoms. The first-order valence-corrected chi connectivity index (χ1v) is 5.26. The van der Waals surface area contributed by atoms with Crippen LogP contribution in [0.4, 0.5) is 5.69 Å². The van der Waals surface area contributed by atoms with Crippen molar-refractivity contribution in [3.8, 4) is 0 Å². The summed E-state index contributed by atoms with van der Waals surface area (Å²) in [6.07, 6.45) is 0. The molecule has 1 aromatic carbocycles. The van der Waals surface area contributed by atoms with E-state index < -0.39 is 0 Å². The number of alkyl halides is 1. The maximum atomic E-state index is 3.41. The molecule has 0 aromatic heterocycles. The Kier molecular flexibility index (Phi) is 3.60. The van der Waals surface area contributed by atoms with Crippen molar-refractivity contribution in [3.63, 3.8) is 0 Å². The van der Waals surface area contributed by atoms with Gasteiger partial charge in [0.1, 0.15) is 0 Å². The third-order valence-corrected chi connectivity index (χ3v) is 2.21. The van der Waals surface area contributed by atoms with E-state index in [1.807, 2.05) is 0 Å². The van der Waals surface area contributed by atoms with Crippen LogP contribution in [0.15, 0.2) is 24.3 Å². The normalized spacial score (nSPS) is 10.3. The highest BCUT2D eigenvalue weighted by atomic mass is 79.9. The summed E-state index contributed by atoms with van der Waals surface area (Å²) in [5.41, 5.74) is 2.50. The van der Waals surface area contributed by atoms with Crippen molar-refractivity contribution in [2.45, 2.75) is 25.2 Å². The monoisotopic (exact) mass is 227 g/mol. The summed E-state index contributed by atoms with van der Waals surface area (Å²) in [5, 5.41) is 4.27. The highest BCUT2D eigenvalue weighted by Crippen LogP contribution is 2.12. The van der Waals surface area contributed by atoms with Crippen LogP contribution in [0.1, 0.15) is 19.4 Å². The van der Waals surface area contributed by atoms with E-state index in [0.717, 1.165) is 5.33 Å². The minimum atomic E-state index is 0.500. The van der Waals surface area contributed by atoms with Gasteiger partial charge >= 0.3 is 0 Å². The van der Waals surface area contributed by atoms with E-state index in [0.29, 0.717) is 6.04 Å². The van der Waals surface area contributed by atoms with Gasteiger partial charge in [-0.2, -0.15) is 0 Å². The van der Waals surface area contributed by atoms with Crippen molar-refractivity contribution in [1.29, 1.82) is 0 Å². The molecule has 0 radical (unpaired) electrons. The summed E-state index contributed by atoms with van der Waals surface area (Å²) in [7, 11) is 0. The Morgan fingerprint density at radius 3 is 2.25 bits per heavy atom. The number of nitrogens with one attached hydrogen (secondary N) is 1. The lowest BCUT2D eigenvalue weighted by molar-refractivity contribution is 0.899. The number of halogens is 1. The summed E-state index contributed by atoms with van der Waals surface area (Å²) in [6, 6.07) is 8.96. The molecule has 0 fully saturated rings. The summed E-state index contributed by atoms with van der Waals surface area (Å²) in [5.74, 6) is 0. The van der Waals surface area contributed by atoms with Crippen molar-refractivity contribution in [3.05, 3.63) is 29.8 Å². The largest absolute Gasteiger partial charge is 0.383 e. The van der Waals surface area contributed by atoms with Crippen molar-refractivity contribution < 1.29 is 0 Å². The van der Waals surface area contributed by atoms with E-state index in [4.69, 9.17) is 0 Å². The number of benzene rings is 1. The van der Waals surface area contributed by atoms with Gasteiger partial charge in [-0.05, 0) is 31.5 Å². The smallest absolute Gasteiger partial charge is 0.0342 e. The van der Waals surface area contributed by atoms with Gasteiger partial charge in [-0.3, -0.25) is 0 Å².